The normalized spacial score (nSPS) is 25.0. The maximum atomic E-state index is 13.5. The van der Waals surface area contributed by atoms with Gasteiger partial charge in [-0.25, -0.2) is 0 Å². The van der Waals surface area contributed by atoms with E-state index in [1.165, 1.54) is 0 Å². The van der Waals surface area contributed by atoms with Crippen LogP contribution in [0, 0.1) is 0 Å². The van der Waals surface area contributed by atoms with Gasteiger partial charge in [0.05, 0.1) is 18.4 Å². The van der Waals surface area contributed by atoms with Crippen LogP contribution in [0.4, 0.5) is 0 Å². The van der Waals surface area contributed by atoms with E-state index in [9.17, 15) is 14.7 Å². The van der Waals surface area contributed by atoms with Gasteiger partial charge in [0.1, 0.15) is 28.8 Å². The molecule has 1 aliphatic heterocycles. The number of para-hydroxylation sites is 1. The van der Waals surface area contributed by atoms with Crippen LogP contribution in [0.2, 0.25) is 0 Å². The number of Topliss-reactive ketones (excluding diaryl/α,β-unsaturated/α-hetero) is 2. The Morgan fingerprint density at radius 1 is 0.727 bits per heavy atom. The summed E-state index contributed by atoms with van der Waals surface area (Å²) in [6.45, 7) is 0. The number of ketones is 2. The third kappa shape index (κ3) is 3.25. The number of carbonyl (C=O) groups is 2. The Labute approximate surface area is 190 Å². The first kappa shape index (κ1) is 19.9. The minimum atomic E-state index is -0.639. The summed E-state index contributed by atoms with van der Waals surface area (Å²) >= 11 is 0. The molecule has 6 nitrogen and oxygen atoms in total. The first-order chi connectivity index (χ1) is 16.1. The maximum Gasteiger partial charge on any atom is 0.163 e. The average molecular weight is 442 g/mol. The van der Waals surface area contributed by atoms with E-state index >= 15 is 0 Å². The fraction of sp³-hybridized carbons (Fsp3) is 0.259. The van der Waals surface area contributed by atoms with Gasteiger partial charge in [0.25, 0.3) is 0 Å². The zero-order valence-corrected chi connectivity index (χ0v) is 17.8. The lowest BCUT2D eigenvalue weighted by molar-refractivity contribution is -0.117. The van der Waals surface area contributed by atoms with Crippen LogP contribution in [0.3, 0.4) is 0 Å². The van der Waals surface area contributed by atoms with Crippen LogP contribution in [0.25, 0.3) is 0 Å². The molecule has 0 bridgehead atoms. The Morgan fingerprint density at radius 3 is 2.00 bits per heavy atom. The number of benzene rings is 1. The summed E-state index contributed by atoms with van der Waals surface area (Å²) in [5, 5.41) is 11.1. The molecule has 3 aromatic rings. The van der Waals surface area contributed by atoms with E-state index in [0.717, 1.165) is 11.3 Å². The van der Waals surface area contributed by atoms with Crippen LogP contribution in [-0.2, 0) is 9.59 Å². The Bertz CT molecular complexity index is 1290. The molecule has 3 aliphatic rings. The monoisotopic (exact) mass is 442 g/mol. The number of carbonyl (C=O) groups excluding carboxylic acids is 2. The Balaban J connectivity index is 1.45. The number of allylic oxidation sites excluding steroid dienone is 4. The van der Waals surface area contributed by atoms with Crippen molar-refractivity contribution in [3.8, 4) is 5.75 Å². The molecule has 3 heterocycles. The number of aliphatic hydroxyl groups excluding tert-OH is 1. The maximum absolute atomic E-state index is 13.5. The summed E-state index contributed by atoms with van der Waals surface area (Å²) in [5.41, 5.74) is 1.50. The van der Waals surface area contributed by atoms with Crippen molar-refractivity contribution in [2.24, 2.45) is 0 Å². The molecule has 0 saturated carbocycles. The second-order valence-corrected chi connectivity index (χ2v) is 8.86. The van der Waals surface area contributed by atoms with Crippen molar-refractivity contribution in [3.63, 3.8) is 0 Å². The van der Waals surface area contributed by atoms with Crippen LogP contribution in [0.1, 0.15) is 60.5 Å². The van der Waals surface area contributed by atoms with Crippen molar-refractivity contribution in [2.45, 2.75) is 43.4 Å². The number of fused-ring (bicyclic) bond motifs is 1. The second-order valence-electron chi connectivity index (χ2n) is 8.86. The third-order valence-corrected chi connectivity index (χ3v) is 6.88. The van der Waals surface area contributed by atoms with Crippen LogP contribution in [0.15, 0.2) is 92.6 Å². The highest BCUT2D eigenvalue weighted by atomic mass is 16.5. The number of aliphatic hydroxyl groups is 1. The molecule has 0 fully saturated rings. The molecule has 0 radical (unpaired) electrons. The van der Waals surface area contributed by atoms with Crippen molar-refractivity contribution < 1.29 is 28.3 Å². The lowest BCUT2D eigenvalue weighted by Crippen LogP contribution is -2.32. The molecule has 1 N–H and O–H groups in total. The topological polar surface area (TPSA) is 89.9 Å². The number of ether oxygens (including phenoxy) is 1. The van der Waals surface area contributed by atoms with Crippen LogP contribution in [0.5, 0.6) is 5.75 Å². The molecule has 2 aromatic heterocycles. The van der Waals surface area contributed by atoms with Gasteiger partial charge >= 0.3 is 0 Å². The lowest BCUT2D eigenvalue weighted by Gasteiger charge is -2.36. The number of furan rings is 2. The molecule has 33 heavy (non-hydrogen) atoms. The Hall–Kier alpha value is -3.80. The Kier molecular flexibility index (Phi) is 4.61. The van der Waals surface area contributed by atoms with Crippen molar-refractivity contribution in [1.29, 1.82) is 0 Å². The highest BCUT2D eigenvalue weighted by Crippen LogP contribution is 2.51. The molecule has 1 aromatic carbocycles. The van der Waals surface area contributed by atoms with Gasteiger partial charge < -0.3 is 18.7 Å². The minimum absolute atomic E-state index is 0.0159. The summed E-state index contributed by atoms with van der Waals surface area (Å²) in [5.74, 6) is 1.36. The zero-order valence-electron chi connectivity index (χ0n) is 17.8. The summed E-state index contributed by atoms with van der Waals surface area (Å²) in [6.07, 6.45) is 4.45. The SMILES string of the molecule is O=C1C[C@H](c2ccco2)CC(O)=C1[C@H]1C2=C(C[C@H](c3ccco3)CC2=O)Oc2ccccc21. The molecule has 3 atom stereocenters. The summed E-state index contributed by atoms with van der Waals surface area (Å²) in [6, 6.07) is 14.7. The van der Waals surface area contributed by atoms with Gasteiger partial charge in [-0.15, -0.1) is 0 Å². The van der Waals surface area contributed by atoms with Crippen molar-refractivity contribution in [2.75, 3.05) is 0 Å². The molecule has 2 aliphatic carbocycles. The van der Waals surface area contributed by atoms with Gasteiger partial charge in [-0.05, 0) is 30.3 Å². The summed E-state index contributed by atoms with van der Waals surface area (Å²) in [7, 11) is 0. The first-order valence-corrected chi connectivity index (χ1v) is 11.1. The largest absolute Gasteiger partial charge is 0.512 e. The Morgan fingerprint density at radius 2 is 1.36 bits per heavy atom. The zero-order chi connectivity index (χ0) is 22.5. The van der Waals surface area contributed by atoms with E-state index < -0.39 is 5.92 Å². The van der Waals surface area contributed by atoms with E-state index in [4.69, 9.17) is 13.6 Å². The van der Waals surface area contributed by atoms with Gasteiger partial charge in [0, 0.05) is 54.2 Å². The van der Waals surface area contributed by atoms with Gasteiger partial charge in [-0.1, -0.05) is 18.2 Å². The fourth-order valence-corrected chi connectivity index (χ4v) is 5.40. The van der Waals surface area contributed by atoms with E-state index in [-0.39, 0.29) is 42.0 Å². The van der Waals surface area contributed by atoms with Crippen molar-refractivity contribution in [3.05, 3.63) is 101 Å². The number of hydrogen-bond acceptors (Lipinski definition) is 6. The standard InChI is InChI=1S/C27H22O6/c28-18-11-15(21-7-3-9-31-21)12-19(29)26(18)25-17-5-1-2-6-23(17)33-24-14-16(13-20(30)27(24)25)22-8-4-10-32-22/h1-10,15-16,25,28H,11-14H2/t15-,16-,25+/m1/s1. The van der Waals surface area contributed by atoms with E-state index in [1.807, 2.05) is 42.5 Å². The molecule has 0 spiro atoms. The highest BCUT2D eigenvalue weighted by molar-refractivity contribution is 6.06. The second kappa shape index (κ2) is 7.66. The molecule has 6 rings (SSSR count). The highest BCUT2D eigenvalue weighted by Gasteiger charge is 2.45. The summed E-state index contributed by atoms with van der Waals surface area (Å²) < 4.78 is 17.2. The number of rotatable bonds is 3. The number of hydrogen-bond donors (Lipinski definition) is 1. The van der Waals surface area contributed by atoms with Crippen LogP contribution in [-0.4, -0.2) is 16.7 Å². The average Bonchev–Trinajstić information content (AvgIpc) is 3.52. The first-order valence-electron chi connectivity index (χ1n) is 11.1. The van der Waals surface area contributed by atoms with Gasteiger partial charge in [-0.2, -0.15) is 0 Å². The molecular weight excluding hydrogens is 420 g/mol. The predicted molar refractivity (Wildman–Crippen MR) is 118 cm³/mol. The van der Waals surface area contributed by atoms with Crippen LogP contribution < -0.4 is 4.74 Å². The lowest BCUT2D eigenvalue weighted by atomic mass is 9.70. The molecule has 166 valence electrons. The fourth-order valence-electron chi connectivity index (χ4n) is 5.40. The van der Waals surface area contributed by atoms with Crippen LogP contribution >= 0.6 is 0 Å². The van der Waals surface area contributed by atoms with E-state index in [1.54, 1.807) is 18.6 Å². The third-order valence-electron chi connectivity index (χ3n) is 6.88. The molecule has 0 amide bonds. The quantitative estimate of drug-likeness (QED) is 0.559. The molecule has 0 saturated heterocycles. The van der Waals surface area contributed by atoms with Gasteiger partial charge in [-0.3, -0.25) is 9.59 Å². The van der Waals surface area contributed by atoms with Crippen molar-refractivity contribution in [1.82, 2.24) is 0 Å². The molecular formula is C27H22O6. The smallest absolute Gasteiger partial charge is 0.163 e. The van der Waals surface area contributed by atoms with Gasteiger partial charge in [0.2, 0.25) is 0 Å². The minimum Gasteiger partial charge on any atom is -0.512 e. The van der Waals surface area contributed by atoms with Gasteiger partial charge in [0.15, 0.2) is 11.6 Å². The van der Waals surface area contributed by atoms with E-state index in [0.29, 0.717) is 41.3 Å². The molecule has 6 heteroatoms. The predicted octanol–water partition coefficient (Wildman–Crippen LogP) is 5.71. The van der Waals surface area contributed by atoms with Crippen molar-refractivity contribution >= 4 is 11.6 Å². The summed E-state index contributed by atoms with van der Waals surface area (Å²) in [4.78, 5) is 26.9. The van der Waals surface area contributed by atoms with E-state index in [2.05, 4.69) is 0 Å². The molecule has 0 unspecified atom stereocenters.